The van der Waals surface area contributed by atoms with Gasteiger partial charge in [0.2, 0.25) is 5.91 Å². The van der Waals surface area contributed by atoms with E-state index < -0.39 is 0 Å². The number of nitrogens with two attached hydrogens (primary N) is 1. The summed E-state index contributed by atoms with van der Waals surface area (Å²) < 4.78 is 0. The lowest BCUT2D eigenvalue weighted by atomic mass is 9.78. The Balaban J connectivity index is 1.32. The van der Waals surface area contributed by atoms with Gasteiger partial charge in [-0.25, -0.2) is 0 Å². The lowest BCUT2D eigenvalue weighted by Gasteiger charge is -2.36. The van der Waals surface area contributed by atoms with Crippen molar-refractivity contribution in [3.8, 4) is 0 Å². The van der Waals surface area contributed by atoms with Gasteiger partial charge in [-0.1, -0.05) is 6.42 Å². The summed E-state index contributed by atoms with van der Waals surface area (Å²) in [6.45, 7) is 0. The number of rotatable bonds is 3. The number of amides is 1. The van der Waals surface area contributed by atoms with E-state index in [9.17, 15) is 4.79 Å². The van der Waals surface area contributed by atoms with Crippen LogP contribution < -0.4 is 11.1 Å². The molecule has 2 bridgehead atoms. The molecular formula is C17H28N2O. The first-order valence-corrected chi connectivity index (χ1v) is 8.77. The molecule has 5 unspecified atom stereocenters. The standard InChI is InChI=1S/C17H28N2O/c18-17(20)10-4-6-12(7-5-10)19-16-9-11-8-15(16)14-3-1-2-13(11)14/h10-16,19H,1-9H2,(H2,18,20). The predicted molar refractivity (Wildman–Crippen MR) is 78.9 cm³/mol. The molecule has 0 aromatic carbocycles. The minimum Gasteiger partial charge on any atom is -0.369 e. The Morgan fingerprint density at radius 2 is 1.65 bits per heavy atom. The molecule has 112 valence electrons. The second-order valence-electron chi connectivity index (χ2n) is 7.88. The highest BCUT2D eigenvalue weighted by Gasteiger charge is 2.53. The maximum absolute atomic E-state index is 11.2. The Morgan fingerprint density at radius 1 is 0.900 bits per heavy atom. The van der Waals surface area contributed by atoms with Crippen LogP contribution in [0.25, 0.3) is 0 Å². The van der Waals surface area contributed by atoms with Crippen LogP contribution in [0.3, 0.4) is 0 Å². The quantitative estimate of drug-likeness (QED) is 0.832. The Morgan fingerprint density at radius 3 is 2.40 bits per heavy atom. The molecule has 4 fully saturated rings. The first-order chi connectivity index (χ1) is 9.72. The van der Waals surface area contributed by atoms with Crippen LogP contribution >= 0.6 is 0 Å². The van der Waals surface area contributed by atoms with E-state index in [0.29, 0.717) is 6.04 Å². The monoisotopic (exact) mass is 276 g/mol. The van der Waals surface area contributed by atoms with Crippen LogP contribution in [0.5, 0.6) is 0 Å². The fourth-order valence-corrected chi connectivity index (χ4v) is 6.11. The Hall–Kier alpha value is -0.570. The van der Waals surface area contributed by atoms with Gasteiger partial charge in [-0.05, 0) is 75.0 Å². The second kappa shape index (κ2) is 5.01. The van der Waals surface area contributed by atoms with Crippen LogP contribution in [0.15, 0.2) is 0 Å². The molecule has 20 heavy (non-hydrogen) atoms. The smallest absolute Gasteiger partial charge is 0.220 e. The summed E-state index contributed by atoms with van der Waals surface area (Å²) in [5.41, 5.74) is 5.42. The van der Waals surface area contributed by atoms with Crippen molar-refractivity contribution < 1.29 is 4.79 Å². The van der Waals surface area contributed by atoms with Gasteiger partial charge < -0.3 is 11.1 Å². The predicted octanol–water partition coefficient (Wildman–Crippen LogP) is 2.44. The van der Waals surface area contributed by atoms with Crippen molar-refractivity contribution in [2.24, 2.45) is 35.3 Å². The fourth-order valence-electron chi connectivity index (χ4n) is 6.11. The summed E-state index contributed by atoms with van der Waals surface area (Å²) >= 11 is 0. The van der Waals surface area contributed by atoms with Crippen molar-refractivity contribution in [2.75, 3.05) is 0 Å². The minimum atomic E-state index is -0.0860. The van der Waals surface area contributed by atoms with Gasteiger partial charge in [-0.15, -0.1) is 0 Å². The molecule has 4 aliphatic carbocycles. The summed E-state index contributed by atoms with van der Waals surface area (Å²) in [6, 6.07) is 1.43. The Labute approximate surface area is 122 Å². The molecule has 5 atom stereocenters. The highest BCUT2D eigenvalue weighted by molar-refractivity contribution is 5.76. The van der Waals surface area contributed by atoms with Gasteiger partial charge >= 0.3 is 0 Å². The third-order valence-electron chi connectivity index (χ3n) is 7.01. The number of carbonyl (C=O) groups excluding carboxylic acids is 1. The van der Waals surface area contributed by atoms with Crippen molar-refractivity contribution in [1.29, 1.82) is 0 Å². The van der Waals surface area contributed by atoms with E-state index in [1.807, 2.05) is 0 Å². The van der Waals surface area contributed by atoms with Crippen LogP contribution in [-0.4, -0.2) is 18.0 Å². The van der Waals surface area contributed by atoms with E-state index >= 15 is 0 Å². The Bertz CT molecular complexity index is 388. The maximum atomic E-state index is 11.2. The van der Waals surface area contributed by atoms with Crippen molar-refractivity contribution in [3.63, 3.8) is 0 Å². The van der Waals surface area contributed by atoms with Crippen molar-refractivity contribution >= 4 is 5.91 Å². The van der Waals surface area contributed by atoms with Gasteiger partial charge in [-0.2, -0.15) is 0 Å². The molecule has 0 aromatic rings. The van der Waals surface area contributed by atoms with E-state index in [-0.39, 0.29) is 11.8 Å². The molecule has 3 heteroatoms. The van der Waals surface area contributed by atoms with E-state index in [4.69, 9.17) is 5.73 Å². The number of primary amides is 1. The van der Waals surface area contributed by atoms with Crippen molar-refractivity contribution in [2.45, 2.75) is 69.9 Å². The molecule has 3 nitrogen and oxygen atoms in total. The van der Waals surface area contributed by atoms with Gasteiger partial charge in [0.05, 0.1) is 0 Å². The topological polar surface area (TPSA) is 55.1 Å². The highest BCUT2D eigenvalue weighted by atomic mass is 16.1. The van der Waals surface area contributed by atoms with E-state index in [1.54, 1.807) is 0 Å². The average Bonchev–Trinajstić information content (AvgIpc) is 3.11. The number of hydrogen-bond acceptors (Lipinski definition) is 2. The SMILES string of the molecule is NC(=O)C1CCC(NC2CC3CC2C2CCCC32)CC1. The van der Waals surface area contributed by atoms with Crippen LogP contribution in [0, 0.1) is 29.6 Å². The van der Waals surface area contributed by atoms with Crippen LogP contribution in [0.1, 0.15) is 57.8 Å². The molecule has 3 N–H and O–H groups in total. The molecule has 0 heterocycles. The Kier molecular flexibility index (Phi) is 3.29. The van der Waals surface area contributed by atoms with Gasteiger partial charge in [0.25, 0.3) is 0 Å². The molecule has 0 saturated heterocycles. The zero-order valence-electron chi connectivity index (χ0n) is 12.4. The molecule has 4 aliphatic rings. The lowest BCUT2D eigenvalue weighted by Crippen LogP contribution is -2.46. The minimum absolute atomic E-state index is 0.0860. The largest absolute Gasteiger partial charge is 0.369 e. The molecule has 1 amide bonds. The number of fused-ring (bicyclic) bond motifs is 5. The summed E-state index contributed by atoms with van der Waals surface area (Å²) in [7, 11) is 0. The first kappa shape index (κ1) is 13.1. The van der Waals surface area contributed by atoms with E-state index in [1.165, 1.54) is 32.1 Å². The van der Waals surface area contributed by atoms with Crippen molar-refractivity contribution in [1.82, 2.24) is 5.32 Å². The fraction of sp³-hybridized carbons (Fsp3) is 0.941. The second-order valence-corrected chi connectivity index (χ2v) is 7.88. The number of nitrogens with one attached hydrogen (secondary N) is 1. The average molecular weight is 276 g/mol. The van der Waals surface area contributed by atoms with Crippen molar-refractivity contribution in [3.05, 3.63) is 0 Å². The third-order valence-corrected chi connectivity index (χ3v) is 7.01. The molecular weight excluding hydrogens is 248 g/mol. The van der Waals surface area contributed by atoms with Gasteiger partial charge in [0, 0.05) is 18.0 Å². The summed E-state index contributed by atoms with van der Waals surface area (Å²) in [4.78, 5) is 11.2. The normalized spacial score (nSPS) is 50.3. The summed E-state index contributed by atoms with van der Waals surface area (Å²) in [5, 5.41) is 3.97. The lowest BCUT2D eigenvalue weighted by molar-refractivity contribution is -0.122. The molecule has 0 radical (unpaired) electrons. The molecule has 0 aliphatic heterocycles. The van der Waals surface area contributed by atoms with Crippen LogP contribution in [0.2, 0.25) is 0 Å². The zero-order valence-corrected chi connectivity index (χ0v) is 12.4. The zero-order chi connectivity index (χ0) is 13.7. The summed E-state index contributed by atoms with van der Waals surface area (Å²) in [5.74, 6) is 4.20. The number of carbonyl (C=O) groups is 1. The maximum Gasteiger partial charge on any atom is 0.220 e. The first-order valence-electron chi connectivity index (χ1n) is 8.77. The van der Waals surface area contributed by atoms with Crippen LogP contribution in [0.4, 0.5) is 0 Å². The van der Waals surface area contributed by atoms with Crippen LogP contribution in [-0.2, 0) is 4.79 Å². The molecule has 0 aromatic heterocycles. The van der Waals surface area contributed by atoms with Gasteiger partial charge in [-0.3, -0.25) is 4.79 Å². The van der Waals surface area contributed by atoms with Gasteiger partial charge in [0.15, 0.2) is 0 Å². The van der Waals surface area contributed by atoms with E-state index in [0.717, 1.165) is 55.4 Å². The van der Waals surface area contributed by atoms with E-state index in [2.05, 4.69) is 5.32 Å². The number of hydrogen-bond donors (Lipinski definition) is 2. The summed E-state index contributed by atoms with van der Waals surface area (Å²) in [6.07, 6.45) is 11.7. The molecule has 4 saturated carbocycles. The highest BCUT2D eigenvalue weighted by Crippen LogP contribution is 2.58. The molecule has 4 rings (SSSR count). The third kappa shape index (κ3) is 2.09. The molecule has 0 spiro atoms. The van der Waals surface area contributed by atoms with Gasteiger partial charge in [0.1, 0.15) is 0 Å².